The lowest BCUT2D eigenvalue weighted by Crippen LogP contribution is -2.23. The number of amides is 1. The molecular weight excluding hydrogens is 244 g/mol. The topological polar surface area (TPSA) is 82.5 Å². The van der Waals surface area contributed by atoms with E-state index < -0.39 is 0 Å². The molecule has 2 rings (SSSR count). The summed E-state index contributed by atoms with van der Waals surface area (Å²) in [6.07, 6.45) is 3.39. The highest BCUT2D eigenvalue weighted by Crippen LogP contribution is 2.24. The second-order valence-electron chi connectivity index (χ2n) is 4.19. The second kappa shape index (κ2) is 5.39. The number of aryl methyl sites for hydroxylation is 1. The number of phenolic OH excluding ortho intramolecular Hbond substituents is 2. The standard InChI is InChI=1S/C14H14N2O3/c1-9-4-5-15-7-11(9)8-16-14(19)10-2-3-12(17)13(18)6-10/h2-7,17-18H,8H2,1H3,(H,16,19). The summed E-state index contributed by atoms with van der Waals surface area (Å²) in [5.74, 6) is -0.886. The monoisotopic (exact) mass is 258 g/mol. The van der Waals surface area contributed by atoms with Crippen molar-refractivity contribution in [3.63, 3.8) is 0 Å². The molecule has 98 valence electrons. The zero-order valence-electron chi connectivity index (χ0n) is 10.4. The Morgan fingerprint density at radius 3 is 2.74 bits per heavy atom. The van der Waals surface area contributed by atoms with Crippen LogP contribution in [0.15, 0.2) is 36.7 Å². The van der Waals surface area contributed by atoms with Gasteiger partial charge in [-0.15, -0.1) is 0 Å². The first-order chi connectivity index (χ1) is 9.08. The molecule has 0 atom stereocenters. The summed E-state index contributed by atoms with van der Waals surface area (Å²) in [7, 11) is 0. The van der Waals surface area contributed by atoms with E-state index >= 15 is 0 Å². The number of aromatic nitrogens is 1. The SMILES string of the molecule is Cc1ccncc1CNC(=O)c1ccc(O)c(O)c1. The molecule has 0 aliphatic carbocycles. The molecule has 0 bridgehead atoms. The number of aromatic hydroxyl groups is 2. The molecular formula is C14H14N2O3. The Hall–Kier alpha value is -2.56. The van der Waals surface area contributed by atoms with Crippen LogP contribution in [0.2, 0.25) is 0 Å². The Morgan fingerprint density at radius 2 is 2.05 bits per heavy atom. The Morgan fingerprint density at radius 1 is 1.26 bits per heavy atom. The number of nitrogens with zero attached hydrogens (tertiary/aromatic N) is 1. The van der Waals surface area contributed by atoms with E-state index in [2.05, 4.69) is 10.3 Å². The van der Waals surface area contributed by atoms with Crippen molar-refractivity contribution in [2.75, 3.05) is 0 Å². The van der Waals surface area contributed by atoms with Gasteiger partial charge in [-0.2, -0.15) is 0 Å². The molecule has 5 heteroatoms. The highest BCUT2D eigenvalue weighted by atomic mass is 16.3. The Kier molecular flexibility index (Phi) is 3.66. The largest absolute Gasteiger partial charge is 0.504 e. The van der Waals surface area contributed by atoms with E-state index in [-0.39, 0.29) is 23.0 Å². The molecule has 3 N–H and O–H groups in total. The van der Waals surface area contributed by atoms with Crippen LogP contribution in [0.4, 0.5) is 0 Å². The van der Waals surface area contributed by atoms with Crippen molar-refractivity contribution in [1.29, 1.82) is 0 Å². The summed E-state index contributed by atoms with van der Waals surface area (Å²) in [5, 5.41) is 21.2. The van der Waals surface area contributed by atoms with Gasteiger partial charge in [-0.3, -0.25) is 9.78 Å². The third-order valence-electron chi connectivity index (χ3n) is 2.82. The maximum absolute atomic E-state index is 11.9. The third-order valence-corrected chi connectivity index (χ3v) is 2.82. The van der Waals surface area contributed by atoms with Gasteiger partial charge in [-0.25, -0.2) is 0 Å². The van der Waals surface area contributed by atoms with Gasteiger partial charge >= 0.3 is 0 Å². The number of benzene rings is 1. The average Bonchev–Trinajstić information content (AvgIpc) is 2.40. The van der Waals surface area contributed by atoms with Crippen molar-refractivity contribution < 1.29 is 15.0 Å². The van der Waals surface area contributed by atoms with E-state index in [4.69, 9.17) is 0 Å². The van der Waals surface area contributed by atoms with Crippen LogP contribution in [-0.2, 0) is 6.54 Å². The van der Waals surface area contributed by atoms with E-state index in [0.29, 0.717) is 6.54 Å². The fourth-order valence-corrected chi connectivity index (χ4v) is 1.62. The molecule has 5 nitrogen and oxygen atoms in total. The predicted molar refractivity (Wildman–Crippen MR) is 69.9 cm³/mol. The molecule has 0 fully saturated rings. The summed E-state index contributed by atoms with van der Waals surface area (Å²) in [4.78, 5) is 15.9. The van der Waals surface area contributed by atoms with Crippen LogP contribution < -0.4 is 5.32 Å². The molecule has 0 unspecified atom stereocenters. The lowest BCUT2D eigenvalue weighted by atomic mass is 10.1. The molecule has 1 aromatic heterocycles. The zero-order chi connectivity index (χ0) is 13.8. The van der Waals surface area contributed by atoms with Gasteiger partial charge in [0.25, 0.3) is 5.91 Å². The zero-order valence-corrected chi connectivity index (χ0v) is 10.4. The van der Waals surface area contributed by atoms with Crippen molar-refractivity contribution in [2.45, 2.75) is 13.5 Å². The predicted octanol–water partition coefficient (Wildman–Crippen LogP) is 1.73. The highest BCUT2D eigenvalue weighted by Gasteiger charge is 2.09. The summed E-state index contributed by atoms with van der Waals surface area (Å²) in [5.41, 5.74) is 2.26. The number of phenols is 2. The fraction of sp³-hybridized carbons (Fsp3) is 0.143. The molecule has 19 heavy (non-hydrogen) atoms. The van der Waals surface area contributed by atoms with Gasteiger partial charge in [-0.05, 0) is 42.3 Å². The van der Waals surface area contributed by atoms with Gasteiger partial charge in [-0.1, -0.05) is 0 Å². The van der Waals surface area contributed by atoms with Crippen molar-refractivity contribution in [2.24, 2.45) is 0 Å². The number of pyridine rings is 1. The Bertz CT molecular complexity index is 611. The summed E-state index contributed by atoms with van der Waals surface area (Å²) in [6.45, 7) is 2.30. The number of hydrogen-bond donors (Lipinski definition) is 3. The summed E-state index contributed by atoms with van der Waals surface area (Å²) >= 11 is 0. The number of hydrogen-bond acceptors (Lipinski definition) is 4. The maximum Gasteiger partial charge on any atom is 0.251 e. The number of rotatable bonds is 3. The Labute approximate surface area is 110 Å². The van der Waals surface area contributed by atoms with Crippen molar-refractivity contribution in [3.05, 3.63) is 53.3 Å². The van der Waals surface area contributed by atoms with Gasteiger partial charge in [0.1, 0.15) is 0 Å². The fourth-order valence-electron chi connectivity index (χ4n) is 1.62. The first-order valence-electron chi connectivity index (χ1n) is 5.77. The van der Waals surface area contributed by atoms with Gasteiger partial charge in [0.15, 0.2) is 11.5 Å². The minimum atomic E-state index is -0.321. The molecule has 0 spiro atoms. The van der Waals surface area contributed by atoms with Crippen LogP contribution in [0.5, 0.6) is 11.5 Å². The quantitative estimate of drug-likeness (QED) is 0.732. The molecule has 0 saturated heterocycles. The Balaban J connectivity index is 2.05. The number of carbonyl (C=O) groups is 1. The smallest absolute Gasteiger partial charge is 0.251 e. The minimum absolute atomic E-state index is 0.250. The number of nitrogens with one attached hydrogen (secondary N) is 1. The van der Waals surface area contributed by atoms with Crippen LogP contribution in [0.1, 0.15) is 21.5 Å². The highest BCUT2D eigenvalue weighted by molar-refractivity contribution is 5.94. The summed E-state index contributed by atoms with van der Waals surface area (Å²) in [6, 6.07) is 5.81. The molecule has 0 saturated carbocycles. The second-order valence-corrected chi connectivity index (χ2v) is 4.19. The lowest BCUT2D eigenvalue weighted by Gasteiger charge is -2.08. The first-order valence-corrected chi connectivity index (χ1v) is 5.77. The van der Waals surface area contributed by atoms with Gasteiger partial charge < -0.3 is 15.5 Å². The van der Waals surface area contributed by atoms with E-state index in [1.165, 1.54) is 18.2 Å². The van der Waals surface area contributed by atoms with E-state index in [9.17, 15) is 15.0 Å². The van der Waals surface area contributed by atoms with Crippen LogP contribution in [0.3, 0.4) is 0 Å². The molecule has 1 heterocycles. The van der Waals surface area contributed by atoms with Crippen molar-refractivity contribution in [3.8, 4) is 11.5 Å². The molecule has 2 aromatic rings. The third kappa shape index (κ3) is 3.01. The van der Waals surface area contributed by atoms with Gasteiger partial charge in [0.05, 0.1) is 0 Å². The van der Waals surface area contributed by atoms with E-state index in [1.54, 1.807) is 12.4 Å². The van der Waals surface area contributed by atoms with Crippen LogP contribution >= 0.6 is 0 Å². The normalized spacial score (nSPS) is 10.2. The average molecular weight is 258 g/mol. The minimum Gasteiger partial charge on any atom is -0.504 e. The molecule has 0 aliphatic heterocycles. The lowest BCUT2D eigenvalue weighted by molar-refractivity contribution is 0.0950. The van der Waals surface area contributed by atoms with Crippen molar-refractivity contribution >= 4 is 5.91 Å². The van der Waals surface area contributed by atoms with Gasteiger partial charge in [0.2, 0.25) is 0 Å². The van der Waals surface area contributed by atoms with Crippen LogP contribution in [0, 0.1) is 6.92 Å². The van der Waals surface area contributed by atoms with Gasteiger partial charge in [0, 0.05) is 24.5 Å². The molecule has 1 aromatic carbocycles. The van der Waals surface area contributed by atoms with Crippen molar-refractivity contribution in [1.82, 2.24) is 10.3 Å². The van der Waals surface area contributed by atoms with E-state index in [0.717, 1.165) is 11.1 Å². The van der Waals surface area contributed by atoms with Crippen LogP contribution in [0.25, 0.3) is 0 Å². The van der Waals surface area contributed by atoms with E-state index in [1.807, 2.05) is 13.0 Å². The molecule has 0 radical (unpaired) electrons. The molecule has 0 aliphatic rings. The number of carbonyl (C=O) groups excluding carboxylic acids is 1. The first kappa shape index (κ1) is 12.9. The van der Waals surface area contributed by atoms with Crippen LogP contribution in [-0.4, -0.2) is 21.1 Å². The maximum atomic E-state index is 11.9. The summed E-state index contributed by atoms with van der Waals surface area (Å²) < 4.78 is 0. The molecule has 1 amide bonds.